The Kier molecular flexibility index (Phi) is 7.33. The Morgan fingerprint density at radius 2 is 1.96 bits per heavy atom. The van der Waals surface area contributed by atoms with Gasteiger partial charge in [0, 0.05) is 39.9 Å². The van der Waals surface area contributed by atoms with Gasteiger partial charge in [0.2, 0.25) is 0 Å². The van der Waals surface area contributed by atoms with E-state index in [1.165, 1.54) is 13.2 Å². The number of hydrogen-bond acceptors (Lipinski definition) is 4. The minimum Gasteiger partial charge on any atom is -0.488 e. The van der Waals surface area contributed by atoms with Gasteiger partial charge in [0.15, 0.2) is 6.79 Å². The van der Waals surface area contributed by atoms with Crippen LogP contribution in [0.1, 0.15) is 16.7 Å². The van der Waals surface area contributed by atoms with Gasteiger partial charge in [-0.2, -0.15) is 0 Å². The predicted octanol–water partition coefficient (Wildman–Crippen LogP) is 4.96. The van der Waals surface area contributed by atoms with Crippen LogP contribution in [0.25, 0.3) is 6.08 Å². The summed E-state index contributed by atoms with van der Waals surface area (Å²) in [4.78, 5) is 10.8. The summed E-state index contributed by atoms with van der Waals surface area (Å²) in [6, 6.07) is 8.59. The van der Waals surface area contributed by atoms with E-state index in [0.29, 0.717) is 27.1 Å². The maximum atomic E-state index is 10.8. The van der Waals surface area contributed by atoms with Gasteiger partial charge in [-0.05, 0) is 37.3 Å². The molecule has 0 saturated heterocycles. The highest BCUT2D eigenvalue weighted by atomic mass is 35.5. The molecule has 5 nitrogen and oxygen atoms in total. The Bertz CT molecular complexity index is 818. The summed E-state index contributed by atoms with van der Waals surface area (Å²) in [5.74, 6) is 0.0349. The molecule has 0 saturated carbocycles. The highest BCUT2D eigenvalue weighted by Crippen LogP contribution is 2.34. The zero-order valence-corrected chi connectivity index (χ0v) is 15.8. The summed E-state index contributed by atoms with van der Waals surface area (Å²) in [7, 11) is 1.53. The van der Waals surface area contributed by atoms with E-state index in [-0.39, 0.29) is 13.4 Å². The molecule has 1 N–H and O–H groups in total. The van der Waals surface area contributed by atoms with Crippen molar-refractivity contribution in [1.82, 2.24) is 0 Å². The van der Waals surface area contributed by atoms with E-state index < -0.39 is 5.97 Å². The van der Waals surface area contributed by atoms with Crippen LogP contribution in [0.2, 0.25) is 10.0 Å². The first-order chi connectivity index (χ1) is 12.4. The Balaban J connectivity index is 2.33. The van der Waals surface area contributed by atoms with Crippen LogP contribution in [0.15, 0.2) is 36.4 Å². The van der Waals surface area contributed by atoms with Gasteiger partial charge >= 0.3 is 5.97 Å². The number of halogens is 2. The first-order valence-corrected chi connectivity index (χ1v) is 8.41. The monoisotopic (exact) mass is 396 g/mol. The maximum absolute atomic E-state index is 10.8. The smallest absolute Gasteiger partial charge is 0.328 e. The number of rotatable bonds is 8. The third-order valence-corrected chi connectivity index (χ3v) is 4.10. The van der Waals surface area contributed by atoms with Gasteiger partial charge < -0.3 is 19.3 Å². The van der Waals surface area contributed by atoms with Crippen molar-refractivity contribution < 1.29 is 24.1 Å². The number of carboxylic acids is 1. The number of hydrogen-bond donors (Lipinski definition) is 1. The molecule has 0 aromatic heterocycles. The summed E-state index contributed by atoms with van der Waals surface area (Å²) in [6.45, 7) is 2.11. The standard InChI is InChI=1S/C19H18Cl2O5/c1-12-17(26-11-24-2)7-4-13(5-8-18(22)23)19(12)25-10-14-3-6-15(20)9-16(14)21/h3-9H,10-11H2,1-2H3,(H,22,23). The second-order valence-corrected chi connectivity index (χ2v) is 6.20. The van der Waals surface area contributed by atoms with Crippen LogP contribution in [0, 0.1) is 6.92 Å². The van der Waals surface area contributed by atoms with E-state index in [2.05, 4.69) is 0 Å². The molecule has 0 bridgehead atoms. The number of benzene rings is 2. The fraction of sp³-hybridized carbons (Fsp3) is 0.211. The molecule has 0 fully saturated rings. The van der Waals surface area contributed by atoms with Gasteiger partial charge in [-0.3, -0.25) is 0 Å². The highest BCUT2D eigenvalue weighted by molar-refractivity contribution is 6.35. The van der Waals surface area contributed by atoms with Crippen molar-refractivity contribution in [2.24, 2.45) is 0 Å². The van der Waals surface area contributed by atoms with E-state index >= 15 is 0 Å². The quantitative estimate of drug-likeness (QED) is 0.504. The summed E-state index contributed by atoms with van der Waals surface area (Å²) in [6.07, 6.45) is 2.51. The molecule has 0 spiro atoms. The van der Waals surface area contributed by atoms with Crippen molar-refractivity contribution in [3.63, 3.8) is 0 Å². The van der Waals surface area contributed by atoms with E-state index in [9.17, 15) is 4.79 Å². The molecule has 0 aliphatic carbocycles. The van der Waals surface area contributed by atoms with Gasteiger partial charge in [0.1, 0.15) is 18.1 Å². The van der Waals surface area contributed by atoms with Crippen molar-refractivity contribution in [2.75, 3.05) is 13.9 Å². The molecule has 2 aromatic carbocycles. The van der Waals surface area contributed by atoms with Gasteiger partial charge in [0.25, 0.3) is 0 Å². The van der Waals surface area contributed by atoms with Gasteiger partial charge in [0.05, 0.1) is 0 Å². The third kappa shape index (κ3) is 5.39. The van der Waals surface area contributed by atoms with Crippen LogP contribution in [0.3, 0.4) is 0 Å². The summed E-state index contributed by atoms with van der Waals surface area (Å²) in [5, 5.41) is 9.90. The van der Waals surface area contributed by atoms with Crippen molar-refractivity contribution in [3.05, 3.63) is 63.1 Å². The average molecular weight is 397 g/mol. The molecule has 0 aliphatic rings. The van der Waals surface area contributed by atoms with Gasteiger partial charge in [-0.1, -0.05) is 29.3 Å². The molecule has 2 rings (SSSR count). The molecular formula is C19H18Cl2O5. The topological polar surface area (TPSA) is 65.0 Å². The molecule has 0 heterocycles. The SMILES string of the molecule is COCOc1ccc(C=CC(=O)O)c(OCc2ccc(Cl)cc2Cl)c1C. The lowest BCUT2D eigenvalue weighted by Gasteiger charge is -2.16. The van der Waals surface area contributed by atoms with Gasteiger partial charge in [-0.15, -0.1) is 0 Å². The van der Waals surface area contributed by atoms with Gasteiger partial charge in [-0.25, -0.2) is 4.79 Å². The third-order valence-electron chi connectivity index (χ3n) is 3.51. The Morgan fingerprint density at radius 3 is 2.62 bits per heavy atom. The molecule has 138 valence electrons. The predicted molar refractivity (Wildman–Crippen MR) is 101 cm³/mol. The van der Waals surface area contributed by atoms with Crippen molar-refractivity contribution in [2.45, 2.75) is 13.5 Å². The number of methoxy groups -OCH3 is 1. The lowest BCUT2D eigenvalue weighted by molar-refractivity contribution is -0.131. The molecule has 7 heteroatoms. The highest BCUT2D eigenvalue weighted by Gasteiger charge is 2.13. The molecule has 0 unspecified atom stereocenters. The molecular weight excluding hydrogens is 379 g/mol. The summed E-state index contributed by atoms with van der Waals surface area (Å²) < 4.78 is 16.4. The van der Waals surface area contributed by atoms with Crippen LogP contribution in [-0.2, 0) is 16.1 Å². The summed E-state index contributed by atoms with van der Waals surface area (Å²) >= 11 is 12.1. The minimum absolute atomic E-state index is 0.0909. The second-order valence-electron chi connectivity index (χ2n) is 5.35. The number of ether oxygens (including phenoxy) is 3. The van der Waals surface area contributed by atoms with E-state index in [4.69, 9.17) is 42.5 Å². The maximum Gasteiger partial charge on any atom is 0.328 e. The van der Waals surface area contributed by atoms with Crippen LogP contribution < -0.4 is 9.47 Å². The molecule has 0 radical (unpaired) electrons. The van der Waals surface area contributed by atoms with E-state index in [1.54, 1.807) is 30.3 Å². The lowest BCUT2D eigenvalue weighted by atomic mass is 10.1. The van der Waals surface area contributed by atoms with E-state index in [1.807, 2.05) is 6.92 Å². The largest absolute Gasteiger partial charge is 0.488 e. The van der Waals surface area contributed by atoms with Crippen molar-refractivity contribution in [1.29, 1.82) is 0 Å². The first kappa shape index (κ1) is 20.1. The normalized spacial score (nSPS) is 10.9. The summed E-state index contributed by atoms with van der Waals surface area (Å²) in [5.41, 5.74) is 2.09. The van der Waals surface area contributed by atoms with Crippen LogP contribution >= 0.6 is 23.2 Å². The fourth-order valence-electron chi connectivity index (χ4n) is 2.25. The number of carboxylic acid groups (broad SMARTS) is 1. The lowest BCUT2D eigenvalue weighted by Crippen LogP contribution is -2.04. The Labute approximate surface area is 161 Å². The first-order valence-electron chi connectivity index (χ1n) is 7.65. The molecule has 0 aliphatic heterocycles. The number of aliphatic carboxylic acids is 1. The van der Waals surface area contributed by atoms with Crippen LogP contribution in [-0.4, -0.2) is 25.0 Å². The Hall–Kier alpha value is -2.21. The Morgan fingerprint density at radius 1 is 1.19 bits per heavy atom. The zero-order valence-electron chi connectivity index (χ0n) is 14.3. The van der Waals surface area contributed by atoms with E-state index in [0.717, 1.165) is 17.2 Å². The molecule has 2 aromatic rings. The average Bonchev–Trinajstić information content (AvgIpc) is 2.59. The second kappa shape index (κ2) is 9.48. The number of carbonyl (C=O) groups is 1. The fourth-order valence-corrected chi connectivity index (χ4v) is 2.71. The molecule has 26 heavy (non-hydrogen) atoms. The van der Waals surface area contributed by atoms with Crippen LogP contribution in [0.5, 0.6) is 11.5 Å². The van der Waals surface area contributed by atoms with Crippen molar-refractivity contribution in [3.8, 4) is 11.5 Å². The zero-order chi connectivity index (χ0) is 19.1. The minimum atomic E-state index is -1.05. The van der Waals surface area contributed by atoms with Crippen molar-refractivity contribution >= 4 is 35.2 Å². The molecule has 0 atom stereocenters. The van der Waals surface area contributed by atoms with Crippen LogP contribution in [0.4, 0.5) is 0 Å². The molecule has 0 amide bonds.